The van der Waals surface area contributed by atoms with Gasteiger partial charge in [0.15, 0.2) is 17.3 Å². The maximum atomic E-state index is 11.8. The van der Waals surface area contributed by atoms with Crippen LogP contribution in [0.5, 0.6) is 0 Å². The van der Waals surface area contributed by atoms with Gasteiger partial charge in [-0.2, -0.15) is 0 Å². The third kappa shape index (κ3) is 11.4. The van der Waals surface area contributed by atoms with Gasteiger partial charge >= 0.3 is 0 Å². The van der Waals surface area contributed by atoms with E-state index in [4.69, 9.17) is 0 Å². The summed E-state index contributed by atoms with van der Waals surface area (Å²) in [6.45, 7) is 0. The summed E-state index contributed by atoms with van der Waals surface area (Å²) < 4.78 is 0. The van der Waals surface area contributed by atoms with Gasteiger partial charge in [-0.15, -0.1) is 10.2 Å². The van der Waals surface area contributed by atoms with Gasteiger partial charge in [-0.25, -0.2) is 0 Å². The lowest BCUT2D eigenvalue weighted by Crippen LogP contribution is -1.99. The van der Waals surface area contributed by atoms with Crippen molar-refractivity contribution in [1.82, 2.24) is 15.4 Å². The second-order valence-corrected chi connectivity index (χ2v) is 9.99. The zero-order valence-corrected chi connectivity index (χ0v) is 26.1. The molecule has 0 aliphatic rings. The van der Waals surface area contributed by atoms with Crippen LogP contribution in [0.1, 0.15) is 47.8 Å². The highest BCUT2D eigenvalue weighted by Gasteiger charge is 2.08. The van der Waals surface area contributed by atoms with E-state index in [1.54, 1.807) is 18.5 Å². The van der Waals surface area contributed by atoms with Crippen molar-refractivity contribution in [3.8, 4) is 0 Å². The molecule has 0 unspecified atom stereocenters. The molecule has 234 valence electrons. The molecule has 0 aliphatic carbocycles. The molecule has 0 atom stereocenters. The van der Waals surface area contributed by atoms with Gasteiger partial charge in [0.2, 0.25) is 0 Å². The van der Waals surface area contributed by atoms with E-state index in [1.165, 1.54) is 0 Å². The van der Waals surface area contributed by atoms with Gasteiger partial charge in [0, 0.05) is 33.4 Å². The van der Waals surface area contributed by atoms with Crippen LogP contribution in [0.4, 0.5) is 0 Å². The van der Waals surface area contributed by atoms with Crippen LogP contribution >= 0.6 is 0 Å². The fourth-order valence-electron chi connectivity index (χ4n) is 4.24. The molecule has 0 saturated heterocycles. The van der Waals surface area contributed by atoms with E-state index in [2.05, 4.69) is 15.4 Å². The molecular formula is C42H33N3O3. The van der Waals surface area contributed by atoms with Crippen LogP contribution in [0.2, 0.25) is 0 Å². The van der Waals surface area contributed by atoms with E-state index in [1.807, 2.05) is 182 Å². The van der Waals surface area contributed by atoms with Gasteiger partial charge in [0.05, 0.1) is 12.4 Å². The summed E-state index contributed by atoms with van der Waals surface area (Å²) in [7, 11) is 0. The Kier molecular flexibility index (Phi) is 14.0. The van der Waals surface area contributed by atoms with Crippen molar-refractivity contribution in [2.24, 2.45) is 0 Å². The lowest BCUT2D eigenvalue weighted by molar-refractivity contribution is 0.103. The van der Waals surface area contributed by atoms with Crippen molar-refractivity contribution in [3.63, 3.8) is 0 Å². The number of aromatic nitrogens is 3. The Morgan fingerprint density at radius 2 is 0.458 bits per heavy atom. The van der Waals surface area contributed by atoms with Gasteiger partial charge in [-0.1, -0.05) is 182 Å². The summed E-state index contributed by atoms with van der Waals surface area (Å²) in [4.78, 5) is 35.5. The predicted molar refractivity (Wildman–Crippen MR) is 189 cm³/mol. The number of carbonyl (C=O) groups excluding carboxylic acids is 3. The third-order valence-electron chi connectivity index (χ3n) is 6.62. The molecule has 6 heteroatoms. The first-order valence-corrected chi connectivity index (χ1v) is 15.2. The lowest BCUT2D eigenvalue weighted by atomic mass is 10.0. The molecule has 0 aliphatic heterocycles. The minimum Gasteiger partial charge on any atom is -0.289 e. The van der Waals surface area contributed by atoms with Crippen molar-refractivity contribution in [2.75, 3.05) is 0 Å². The largest absolute Gasteiger partial charge is 0.289 e. The molecule has 1 heterocycles. The van der Waals surface area contributed by atoms with Crippen LogP contribution < -0.4 is 0 Å². The number of carbonyl (C=O) groups is 3. The molecule has 6 nitrogen and oxygen atoms in total. The number of hydrogen-bond acceptors (Lipinski definition) is 6. The number of ketones is 3. The zero-order chi connectivity index (χ0) is 33.7. The van der Waals surface area contributed by atoms with Crippen LogP contribution in [0, 0.1) is 0 Å². The second-order valence-electron chi connectivity index (χ2n) is 9.99. The molecule has 6 aromatic carbocycles. The van der Waals surface area contributed by atoms with Gasteiger partial charge in [-0.3, -0.25) is 14.4 Å². The third-order valence-corrected chi connectivity index (χ3v) is 6.62. The highest BCUT2D eigenvalue weighted by atomic mass is 16.1. The second kappa shape index (κ2) is 19.7. The van der Waals surface area contributed by atoms with Crippen molar-refractivity contribution >= 4 is 17.3 Å². The fourth-order valence-corrected chi connectivity index (χ4v) is 4.24. The van der Waals surface area contributed by atoms with Crippen LogP contribution in [0.15, 0.2) is 200 Å². The Bertz CT molecular complexity index is 1570. The Balaban J connectivity index is 0.000000150. The molecule has 0 amide bonds. The van der Waals surface area contributed by atoms with Crippen molar-refractivity contribution in [2.45, 2.75) is 0 Å². The van der Waals surface area contributed by atoms with Crippen LogP contribution in [0.3, 0.4) is 0 Å². The molecular weight excluding hydrogens is 594 g/mol. The summed E-state index contributed by atoms with van der Waals surface area (Å²) in [5.74, 6) is 0.226. The van der Waals surface area contributed by atoms with E-state index in [0.29, 0.717) is 0 Å². The highest BCUT2D eigenvalue weighted by molar-refractivity contribution is 6.10. The molecule has 0 radical (unpaired) electrons. The minimum atomic E-state index is 0.0752. The first-order valence-electron chi connectivity index (χ1n) is 15.2. The maximum absolute atomic E-state index is 11.8. The fraction of sp³-hybridized carbons (Fsp3) is 0. The number of rotatable bonds is 6. The molecule has 7 rings (SSSR count). The minimum absolute atomic E-state index is 0.0752. The molecule has 48 heavy (non-hydrogen) atoms. The SMILES string of the molecule is O=C(c1ccccc1)c1ccccc1.O=C(c1ccccc1)c1ccccc1.O=C(c1ccccc1)c1ccccc1.c1cnnnc1. The average molecular weight is 628 g/mol. The summed E-state index contributed by atoms with van der Waals surface area (Å²) in [5.41, 5.74) is 4.41. The van der Waals surface area contributed by atoms with Gasteiger partial charge < -0.3 is 0 Å². The first kappa shape index (κ1) is 34.2. The Morgan fingerprint density at radius 1 is 0.271 bits per heavy atom. The Labute approximate surface area is 280 Å². The van der Waals surface area contributed by atoms with Crippen LogP contribution in [-0.4, -0.2) is 32.8 Å². The zero-order valence-electron chi connectivity index (χ0n) is 26.1. The molecule has 0 N–H and O–H groups in total. The van der Waals surface area contributed by atoms with Crippen molar-refractivity contribution < 1.29 is 14.4 Å². The maximum Gasteiger partial charge on any atom is 0.193 e. The number of nitrogens with zero attached hydrogens (tertiary/aromatic N) is 3. The highest BCUT2D eigenvalue weighted by Crippen LogP contribution is 2.10. The van der Waals surface area contributed by atoms with Gasteiger partial charge in [-0.05, 0) is 11.3 Å². The summed E-state index contributed by atoms with van der Waals surface area (Å²) >= 11 is 0. The Hall–Kier alpha value is -6.66. The van der Waals surface area contributed by atoms with Crippen molar-refractivity contribution in [1.29, 1.82) is 0 Å². The van der Waals surface area contributed by atoms with Crippen LogP contribution in [0.25, 0.3) is 0 Å². The molecule has 7 aromatic rings. The van der Waals surface area contributed by atoms with Gasteiger partial charge in [0.1, 0.15) is 0 Å². The normalized spacial score (nSPS) is 9.50. The van der Waals surface area contributed by atoms with E-state index in [0.717, 1.165) is 33.4 Å². The smallest absolute Gasteiger partial charge is 0.193 e. The van der Waals surface area contributed by atoms with Gasteiger partial charge in [0.25, 0.3) is 0 Å². The van der Waals surface area contributed by atoms with Crippen molar-refractivity contribution in [3.05, 3.63) is 234 Å². The molecule has 0 spiro atoms. The summed E-state index contributed by atoms with van der Waals surface area (Å²) in [6, 6.07) is 57.5. The predicted octanol–water partition coefficient (Wildman–Crippen LogP) is 8.62. The first-order chi connectivity index (χ1) is 23.6. The van der Waals surface area contributed by atoms with E-state index >= 15 is 0 Å². The van der Waals surface area contributed by atoms with E-state index in [9.17, 15) is 14.4 Å². The average Bonchev–Trinajstić information content (AvgIpc) is 3.20. The standard InChI is InChI=1S/3C13H10O.C3H3N3/c3*14-13(11-7-3-1-4-8-11)12-9-5-2-6-10-12;1-2-4-6-5-3-1/h3*1-10H;1-3H. The molecule has 1 aromatic heterocycles. The molecule has 0 saturated carbocycles. The molecule has 0 bridgehead atoms. The Morgan fingerprint density at radius 3 is 0.583 bits per heavy atom. The molecule has 0 fully saturated rings. The summed E-state index contributed by atoms with van der Waals surface area (Å²) in [5, 5.41) is 10.1. The lowest BCUT2D eigenvalue weighted by Gasteiger charge is -1.99. The van der Waals surface area contributed by atoms with E-state index < -0.39 is 0 Å². The summed E-state index contributed by atoms with van der Waals surface area (Å²) in [6.07, 6.45) is 3.15. The topological polar surface area (TPSA) is 89.9 Å². The monoisotopic (exact) mass is 627 g/mol. The number of benzene rings is 6. The number of hydrogen-bond donors (Lipinski definition) is 0. The van der Waals surface area contributed by atoms with E-state index in [-0.39, 0.29) is 17.3 Å². The van der Waals surface area contributed by atoms with Crippen LogP contribution in [-0.2, 0) is 0 Å². The quantitative estimate of drug-likeness (QED) is 0.172.